The first-order chi connectivity index (χ1) is 8.29. The fourth-order valence-electron chi connectivity index (χ4n) is 2.14. The molecule has 0 heterocycles. The molecular formula is C15H24O2Si. The van der Waals surface area contributed by atoms with Gasteiger partial charge in [0.15, 0.2) is 0 Å². The standard InChI is InChI=1S/C15H24O2Si/c1-6-17-13(2)15(16,12-18(3,4)5)14-10-8-7-9-11-14/h7-11,16H,2,6,12H2,1,3-5H3. The highest BCUT2D eigenvalue weighted by Gasteiger charge is 2.38. The van der Waals surface area contributed by atoms with E-state index in [0.29, 0.717) is 18.4 Å². The molecule has 0 saturated carbocycles. The Hall–Kier alpha value is -1.06. The maximum absolute atomic E-state index is 11.0. The van der Waals surface area contributed by atoms with Gasteiger partial charge in [0.2, 0.25) is 0 Å². The van der Waals surface area contributed by atoms with Crippen molar-refractivity contribution in [2.24, 2.45) is 0 Å². The van der Waals surface area contributed by atoms with E-state index >= 15 is 0 Å². The van der Waals surface area contributed by atoms with Crippen molar-refractivity contribution >= 4 is 8.07 Å². The topological polar surface area (TPSA) is 29.5 Å². The Morgan fingerprint density at radius 3 is 2.28 bits per heavy atom. The summed E-state index contributed by atoms with van der Waals surface area (Å²) in [5, 5.41) is 11.0. The van der Waals surface area contributed by atoms with Crippen molar-refractivity contribution in [1.29, 1.82) is 0 Å². The molecule has 0 amide bonds. The molecule has 0 aliphatic heterocycles. The lowest BCUT2D eigenvalue weighted by Gasteiger charge is -2.35. The van der Waals surface area contributed by atoms with Crippen LogP contribution in [-0.4, -0.2) is 19.8 Å². The Morgan fingerprint density at radius 2 is 1.83 bits per heavy atom. The van der Waals surface area contributed by atoms with Crippen molar-refractivity contribution in [2.45, 2.75) is 38.2 Å². The van der Waals surface area contributed by atoms with E-state index in [1.54, 1.807) is 0 Å². The summed E-state index contributed by atoms with van der Waals surface area (Å²) in [4.78, 5) is 0. The van der Waals surface area contributed by atoms with E-state index in [-0.39, 0.29) is 0 Å². The second-order valence-electron chi connectivity index (χ2n) is 5.82. The Morgan fingerprint density at radius 1 is 1.28 bits per heavy atom. The monoisotopic (exact) mass is 264 g/mol. The highest BCUT2D eigenvalue weighted by Crippen LogP contribution is 2.37. The van der Waals surface area contributed by atoms with E-state index in [4.69, 9.17) is 4.74 Å². The molecule has 0 radical (unpaired) electrons. The summed E-state index contributed by atoms with van der Waals surface area (Å²) in [5.74, 6) is 0.457. The maximum atomic E-state index is 11.0. The molecule has 0 aromatic heterocycles. The number of hydrogen-bond acceptors (Lipinski definition) is 2. The van der Waals surface area contributed by atoms with E-state index < -0.39 is 13.7 Å². The second kappa shape index (κ2) is 5.72. The van der Waals surface area contributed by atoms with Crippen LogP contribution in [0.5, 0.6) is 0 Å². The molecule has 0 spiro atoms. The highest BCUT2D eigenvalue weighted by molar-refractivity contribution is 6.76. The molecule has 18 heavy (non-hydrogen) atoms. The highest BCUT2D eigenvalue weighted by atomic mass is 28.3. The Bertz CT molecular complexity index is 395. The average molecular weight is 264 g/mol. The van der Waals surface area contributed by atoms with Crippen LogP contribution in [0.4, 0.5) is 0 Å². The van der Waals surface area contributed by atoms with Crippen LogP contribution in [-0.2, 0) is 10.3 Å². The van der Waals surface area contributed by atoms with E-state index in [9.17, 15) is 5.11 Å². The van der Waals surface area contributed by atoms with Crippen LogP contribution >= 0.6 is 0 Å². The van der Waals surface area contributed by atoms with Crippen LogP contribution < -0.4 is 0 Å². The van der Waals surface area contributed by atoms with Crippen LogP contribution in [0, 0.1) is 0 Å². The van der Waals surface area contributed by atoms with Crippen molar-refractivity contribution < 1.29 is 9.84 Å². The zero-order valence-electron chi connectivity index (χ0n) is 11.9. The van der Waals surface area contributed by atoms with E-state index in [1.807, 2.05) is 37.3 Å². The van der Waals surface area contributed by atoms with Gasteiger partial charge in [-0.2, -0.15) is 0 Å². The summed E-state index contributed by atoms with van der Waals surface area (Å²) in [7, 11) is -1.46. The molecule has 0 fully saturated rings. The molecule has 1 N–H and O–H groups in total. The van der Waals surface area contributed by atoms with Crippen molar-refractivity contribution in [3.8, 4) is 0 Å². The number of ether oxygens (including phenoxy) is 1. The molecule has 0 aliphatic carbocycles. The van der Waals surface area contributed by atoms with Gasteiger partial charge in [-0.1, -0.05) is 56.6 Å². The Labute approximate surface area is 111 Å². The third-order valence-electron chi connectivity index (χ3n) is 2.82. The first-order valence-electron chi connectivity index (χ1n) is 6.39. The molecular weight excluding hydrogens is 240 g/mol. The van der Waals surface area contributed by atoms with E-state index in [1.165, 1.54) is 0 Å². The lowest BCUT2D eigenvalue weighted by atomic mass is 9.94. The zero-order valence-corrected chi connectivity index (χ0v) is 12.9. The number of aliphatic hydroxyl groups is 1. The van der Waals surface area contributed by atoms with Crippen molar-refractivity contribution in [3.63, 3.8) is 0 Å². The first-order valence-corrected chi connectivity index (χ1v) is 10.1. The molecule has 100 valence electrons. The van der Waals surface area contributed by atoms with Crippen LogP contribution in [0.15, 0.2) is 42.7 Å². The number of rotatable bonds is 6. The predicted octanol–water partition coefficient (Wildman–Crippen LogP) is 3.76. The average Bonchev–Trinajstić information content (AvgIpc) is 2.28. The molecule has 1 rings (SSSR count). The summed E-state index contributed by atoms with van der Waals surface area (Å²) in [5.41, 5.74) is -0.201. The summed E-state index contributed by atoms with van der Waals surface area (Å²) in [6.45, 7) is 13.1. The molecule has 0 bridgehead atoms. The predicted molar refractivity (Wildman–Crippen MR) is 79.3 cm³/mol. The lowest BCUT2D eigenvalue weighted by Crippen LogP contribution is -2.38. The SMILES string of the molecule is C=C(OCC)C(O)(C[Si](C)(C)C)c1ccccc1. The van der Waals surface area contributed by atoms with Crippen molar-refractivity contribution in [2.75, 3.05) is 6.61 Å². The quantitative estimate of drug-likeness (QED) is 0.626. The summed E-state index contributed by atoms with van der Waals surface area (Å²) in [6, 6.07) is 10.4. The summed E-state index contributed by atoms with van der Waals surface area (Å²) < 4.78 is 5.49. The van der Waals surface area contributed by atoms with Crippen molar-refractivity contribution in [3.05, 3.63) is 48.2 Å². The first kappa shape index (κ1) is 15.0. The molecule has 1 aromatic carbocycles. The van der Waals surface area contributed by atoms with Gasteiger partial charge < -0.3 is 9.84 Å². The molecule has 1 atom stereocenters. The van der Waals surface area contributed by atoms with Crippen LogP contribution in [0.25, 0.3) is 0 Å². The minimum Gasteiger partial charge on any atom is -0.495 e. The third-order valence-corrected chi connectivity index (χ3v) is 4.39. The molecule has 0 aliphatic rings. The molecule has 1 aromatic rings. The van der Waals surface area contributed by atoms with Gasteiger partial charge in [0.25, 0.3) is 0 Å². The van der Waals surface area contributed by atoms with Gasteiger partial charge >= 0.3 is 0 Å². The maximum Gasteiger partial charge on any atom is 0.143 e. The van der Waals surface area contributed by atoms with Gasteiger partial charge in [-0.3, -0.25) is 0 Å². The number of benzene rings is 1. The second-order valence-corrected chi connectivity index (χ2v) is 11.3. The summed E-state index contributed by atoms with van der Waals surface area (Å²) in [6.07, 6.45) is 0. The van der Waals surface area contributed by atoms with E-state index in [2.05, 4.69) is 26.2 Å². The molecule has 1 unspecified atom stereocenters. The minimum absolute atomic E-state index is 0.457. The summed E-state index contributed by atoms with van der Waals surface area (Å²) >= 11 is 0. The fraction of sp³-hybridized carbons (Fsp3) is 0.467. The van der Waals surface area contributed by atoms with E-state index in [0.717, 1.165) is 5.56 Å². The third kappa shape index (κ3) is 3.72. The minimum atomic E-state index is -1.46. The molecule has 3 heteroatoms. The van der Waals surface area contributed by atoms with Gasteiger partial charge in [-0.25, -0.2) is 0 Å². The van der Waals surface area contributed by atoms with Gasteiger partial charge in [0.05, 0.1) is 6.61 Å². The fourth-order valence-corrected chi connectivity index (χ4v) is 4.07. The van der Waals surface area contributed by atoms with Crippen LogP contribution in [0.1, 0.15) is 12.5 Å². The largest absolute Gasteiger partial charge is 0.495 e. The smallest absolute Gasteiger partial charge is 0.143 e. The Kier molecular flexibility index (Phi) is 4.76. The normalized spacial score (nSPS) is 14.9. The van der Waals surface area contributed by atoms with Crippen LogP contribution in [0.3, 0.4) is 0 Å². The Balaban J connectivity index is 3.13. The van der Waals surface area contributed by atoms with Gasteiger partial charge in [0.1, 0.15) is 11.4 Å². The van der Waals surface area contributed by atoms with Crippen molar-refractivity contribution in [1.82, 2.24) is 0 Å². The van der Waals surface area contributed by atoms with Crippen LogP contribution in [0.2, 0.25) is 25.7 Å². The van der Waals surface area contributed by atoms with Gasteiger partial charge in [0, 0.05) is 8.07 Å². The number of hydrogen-bond donors (Lipinski definition) is 1. The molecule has 2 nitrogen and oxygen atoms in total. The zero-order chi connectivity index (χ0) is 13.8. The van der Waals surface area contributed by atoms with Gasteiger partial charge in [-0.15, -0.1) is 0 Å². The molecule has 0 saturated heterocycles. The lowest BCUT2D eigenvalue weighted by molar-refractivity contribution is 0.0245. The van der Waals surface area contributed by atoms with Gasteiger partial charge in [-0.05, 0) is 18.5 Å².